The van der Waals surface area contributed by atoms with Crippen molar-refractivity contribution in [3.05, 3.63) is 35.9 Å². The Kier molecular flexibility index (Phi) is 2.40. The smallest absolute Gasteiger partial charge is 0.112 e. The van der Waals surface area contributed by atoms with Gasteiger partial charge in [0.25, 0.3) is 0 Å². The molecular weight excluding hydrogens is 198 g/mol. The number of hydrogen-bond acceptors (Lipinski definition) is 2. The molecule has 84 valence electrons. The molecule has 0 aliphatic carbocycles. The lowest BCUT2D eigenvalue weighted by atomic mass is 9.99. The average molecular weight is 215 g/mol. The molecule has 1 atom stereocenters. The van der Waals surface area contributed by atoms with Crippen LogP contribution < -0.4 is 5.32 Å². The summed E-state index contributed by atoms with van der Waals surface area (Å²) < 4.78 is 2.19. The zero-order valence-corrected chi connectivity index (χ0v) is 9.61. The first-order valence-electron chi connectivity index (χ1n) is 6.05. The molecule has 0 saturated carbocycles. The molecule has 1 saturated heterocycles. The molecule has 0 bridgehead atoms. The highest BCUT2D eigenvalue weighted by molar-refractivity contribution is 5.49. The largest absolute Gasteiger partial charge is 0.316 e. The molecule has 0 amide bonds. The van der Waals surface area contributed by atoms with Crippen molar-refractivity contribution in [2.24, 2.45) is 0 Å². The number of aromatic nitrogens is 2. The summed E-state index contributed by atoms with van der Waals surface area (Å²) >= 11 is 0. The van der Waals surface area contributed by atoms with Crippen LogP contribution >= 0.6 is 0 Å². The predicted octanol–water partition coefficient (Wildman–Crippen LogP) is 1.97. The maximum atomic E-state index is 4.43. The monoisotopic (exact) mass is 215 g/mol. The van der Waals surface area contributed by atoms with E-state index in [1.54, 1.807) is 0 Å². The topological polar surface area (TPSA) is 29.3 Å². The molecule has 1 unspecified atom stereocenters. The van der Waals surface area contributed by atoms with Crippen molar-refractivity contribution in [3.63, 3.8) is 0 Å². The molecule has 1 aliphatic rings. The second-order valence-electron chi connectivity index (χ2n) is 4.47. The molecule has 1 aliphatic heterocycles. The summed E-state index contributed by atoms with van der Waals surface area (Å²) in [5.74, 6) is 1.83. The fourth-order valence-corrected chi connectivity index (χ4v) is 2.53. The molecule has 1 N–H and O–H groups in total. The first kappa shape index (κ1) is 9.85. The summed E-state index contributed by atoms with van der Waals surface area (Å²) in [7, 11) is 0. The summed E-state index contributed by atoms with van der Waals surface area (Å²) in [5.41, 5.74) is 2.67. The summed E-state index contributed by atoms with van der Waals surface area (Å²) in [5, 5.41) is 3.41. The third kappa shape index (κ3) is 1.52. The molecule has 0 radical (unpaired) electrons. The highest BCUT2D eigenvalue weighted by atomic mass is 15.0. The summed E-state index contributed by atoms with van der Waals surface area (Å²) in [6, 6.07) is 4.52. The van der Waals surface area contributed by atoms with Crippen molar-refractivity contribution in [3.8, 4) is 0 Å². The number of hydrogen-bond donors (Lipinski definition) is 1. The quantitative estimate of drug-likeness (QED) is 0.830. The zero-order valence-electron chi connectivity index (χ0n) is 9.61. The van der Waals surface area contributed by atoms with Crippen molar-refractivity contribution >= 4 is 5.52 Å². The first-order chi connectivity index (χ1) is 7.88. The second kappa shape index (κ2) is 3.91. The fourth-order valence-electron chi connectivity index (χ4n) is 2.53. The Labute approximate surface area is 95.5 Å². The Morgan fingerprint density at radius 1 is 1.56 bits per heavy atom. The molecule has 3 nitrogen and oxygen atoms in total. The number of fused-ring (bicyclic) bond motifs is 1. The summed E-state index contributed by atoms with van der Waals surface area (Å²) in [4.78, 5) is 4.43. The average Bonchev–Trinajstić information content (AvgIpc) is 2.97. The number of aryl methyl sites for hydroxylation is 1. The minimum Gasteiger partial charge on any atom is -0.316 e. The van der Waals surface area contributed by atoms with Crippen molar-refractivity contribution in [1.82, 2.24) is 14.7 Å². The molecule has 0 aromatic carbocycles. The van der Waals surface area contributed by atoms with Gasteiger partial charge in [-0.05, 0) is 36.6 Å². The second-order valence-corrected chi connectivity index (χ2v) is 4.47. The Hall–Kier alpha value is -1.35. The van der Waals surface area contributed by atoms with Gasteiger partial charge in [0.05, 0.1) is 11.7 Å². The van der Waals surface area contributed by atoms with Gasteiger partial charge in [-0.2, -0.15) is 0 Å². The minimum atomic E-state index is 0.685. The van der Waals surface area contributed by atoms with E-state index in [2.05, 4.69) is 40.0 Å². The van der Waals surface area contributed by atoms with Gasteiger partial charge in [0, 0.05) is 19.2 Å². The van der Waals surface area contributed by atoms with Gasteiger partial charge in [-0.25, -0.2) is 4.98 Å². The van der Waals surface area contributed by atoms with Gasteiger partial charge >= 0.3 is 0 Å². The molecule has 3 rings (SSSR count). The minimum absolute atomic E-state index is 0.685. The number of nitrogens with zero attached hydrogens (tertiary/aromatic N) is 2. The van der Waals surface area contributed by atoms with Crippen LogP contribution in [0.1, 0.15) is 30.7 Å². The van der Waals surface area contributed by atoms with Crippen LogP contribution in [0.15, 0.2) is 24.5 Å². The van der Waals surface area contributed by atoms with E-state index in [9.17, 15) is 0 Å². The van der Waals surface area contributed by atoms with Crippen LogP contribution in [0.25, 0.3) is 5.52 Å². The molecule has 16 heavy (non-hydrogen) atoms. The van der Waals surface area contributed by atoms with Gasteiger partial charge in [-0.1, -0.05) is 6.92 Å². The Morgan fingerprint density at radius 3 is 3.25 bits per heavy atom. The van der Waals surface area contributed by atoms with Crippen LogP contribution in [-0.2, 0) is 6.42 Å². The van der Waals surface area contributed by atoms with Crippen LogP contribution in [0.4, 0.5) is 0 Å². The van der Waals surface area contributed by atoms with Gasteiger partial charge in [0.15, 0.2) is 0 Å². The van der Waals surface area contributed by atoms with E-state index < -0.39 is 0 Å². The maximum absolute atomic E-state index is 4.43. The molecule has 2 aromatic rings. The zero-order chi connectivity index (χ0) is 11.0. The number of imidazole rings is 1. The van der Waals surface area contributed by atoms with Crippen LogP contribution in [-0.4, -0.2) is 22.5 Å². The maximum Gasteiger partial charge on any atom is 0.112 e. The van der Waals surface area contributed by atoms with E-state index in [0.29, 0.717) is 5.92 Å². The van der Waals surface area contributed by atoms with Gasteiger partial charge in [-0.15, -0.1) is 0 Å². The Morgan fingerprint density at radius 2 is 2.50 bits per heavy atom. The highest BCUT2D eigenvalue weighted by Crippen LogP contribution is 2.23. The van der Waals surface area contributed by atoms with Crippen LogP contribution in [0.3, 0.4) is 0 Å². The predicted molar refractivity (Wildman–Crippen MR) is 64.8 cm³/mol. The van der Waals surface area contributed by atoms with E-state index in [4.69, 9.17) is 0 Å². The molecule has 1 fully saturated rings. The fraction of sp³-hybridized carbons (Fsp3) is 0.462. The van der Waals surface area contributed by atoms with Crippen LogP contribution in [0, 0.1) is 0 Å². The standard InChI is InChI=1S/C13H17N3/c1-2-13-15-9-12-7-10(4-6-16(12)13)11-3-5-14-8-11/h4,6-7,9,11,14H,2-3,5,8H2,1H3. The van der Waals surface area contributed by atoms with Crippen molar-refractivity contribution < 1.29 is 0 Å². The van der Waals surface area contributed by atoms with Crippen molar-refractivity contribution in [2.75, 3.05) is 13.1 Å². The van der Waals surface area contributed by atoms with Gasteiger partial charge < -0.3 is 9.72 Å². The van der Waals surface area contributed by atoms with E-state index in [-0.39, 0.29) is 0 Å². The first-order valence-corrected chi connectivity index (χ1v) is 6.05. The Balaban J connectivity index is 2.02. The number of pyridine rings is 1. The molecule has 3 heterocycles. The normalized spacial score (nSPS) is 20.7. The summed E-state index contributed by atoms with van der Waals surface area (Å²) in [6.45, 7) is 4.41. The third-order valence-electron chi connectivity index (χ3n) is 3.48. The lowest BCUT2D eigenvalue weighted by molar-refractivity contribution is 0.761. The van der Waals surface area contributed by atoms with E-state index in [0.717, 1.165) is 25.3 Å². The van der Waals surface area contributed by atoms with Gasteiger partial charge in [0.2, 0.25) is 0 Å². The molecule has 3 heteroatoms. The number of rotatable bonds is 2. The van der Waals surface area contributed by atoms with Crippen LogP contribution in [0.5, 0.6) is 0 Å². The SMILES string of the molecule is CCc1ncc2cc(C3CCNC3)ccn12. The highest BCUT2D eigenvalue weighted by Gasteiger charge is 2.16. The van der Waals surface area contributed by atoms with Gasteiger partial charge in [-0.3, -0.25) is 0 Å². The molecule has 0 spiro atoms. The van der Waals surface area contributed by atoms with Crippen molar-refractivity contribution in [1.29, 1.82) is 0 Å². The molecule has 2 aromatic heterocycles. The van der Waals surface area contributed by atoms with Crippen LogP contribution in [0.2, 0.25) is 0 Å². The van der Waals surface area contributed by atoms with E-state index in [1.165, 1.54) is 17.5 Å². The van der Waals surface area contributed by atoms with E-state index in [1.807, 2.05) is 6.20 Å². The Bertz CT molecular complexity index is 495. The van der Waals surface area contributed by atoms with Crippen molar-refractivity contribution in [2.45, 2.75) is 25.7 Å². The van der Waals surface area contributed by atoms with E-state index >= 15 is 0 Å². The molecular formula is C13H17N3. The summed E-state index contributed by atoms with van der Waals surface area (Å²) in [6.07, 6.45) is 6.38. The third-order valence-corrected chi connectivity index (χ3v) is 3.48. The van der Waals surface area contributed by atoms with Gasteiger partial charge in [0.1, 0.15) is 5.82 Å². The lowest BCUT2D eigenvalue weighted by Crippen LogP contribution is -2.08. The lowest BCUT2D eigenvalue weighted by Gasteiger charge is -2.09. The number of nitrogens with one attached hydrogen (secondary N) is 1.